The minimum Gasteiger partial charge on any atom is -0.414 e. The van der Waals surface area contributed by atoms with E-state index in [1.165, 1.54) is 11.1 Å². The molecule has 4 aromatic rings. The van der Waals surface area contributed by atoms with Gasteiger partial charge in [-0.05, 0) is 18.2 Å². The molecular formula is C21H18N6O2. The average Bonchev–Trinajstić information content (AvgIpc) is 3.24. The average molecular weight is 386 g/mol. The summed E-state index contributed by atoms with van der Waals surface area (Å²) in [6.07, 6.45) is 1.52. The van der Waals surface area contributed by atoms with E-state index in [4.69, 9.17) is 10.2 Å². The van der Waals surface area contributed by atoms with Crippen molar-refractivity contribution in [1.82, 2.24) is 25.1 Å². The van der Waals surface area contributed by atoms with Crippen molar-refractivity contribution in [2.24, 2.45) is 0 Å². The number of nitrogens with zero attached hydrogens (tertiary/aromatic N) is 5. The molecule has 0 fully saturated rings. The number of carbonyl (C=O) groups excluding carboxylic acids is 1. The third-order valence-electron chi connectivity index (χ3n) is 4.29. The van der Waals surface area contributed by atoms with Gasteiger partial charge in [-0.25, -0.2) is 9.97 Å². The molecule has 144 valence electrons. The van der Waals surface area contributed by atoms with Crippen molar-refractivity contribution in [2.75, 3.05) is 19.8 Å². The molecule has 0 atom stereocenters. The smallest absolute Gasteiger partial charge is 0.270 e. The molecule has 0 saturated carbocycles. The summed E-state index contributed by atoms with van der Waals surface area (Å²) < 4.78 is 5.76. The molecule has 2 aromatic carbocycles. The van der Waals surface area contributed by atoms with Gasteiger partial charge >= 0.3 is 0 Å². The standard InChI is InChI=1S/C21H18N6O2/c1-27(2)21(28)15-11-7-6-10-14(15)16-12-23-18(22)17(24-16)20-26-25-19(29-20)13-8-4-3-5-9-13/h3-12H,1-2H3,(H2,22,23). The van der Waals surface area contributed by atoms with Crippen LogP contribution in [0.2, 0.25) is 0 Å². The molecule has 0 aliphatic carbocycles. The van der Waals surface area contributed by atoms with E-state index in [-0.39, 0.29) is 23.3 Å². The number of anilines is 1. The van der Waals surface area contributed by atoms with Crippen LogP contribution in [0.15, 0.2) is 65.2 Å². The molecule has 1 amide bonds. The number of hydrogen-bond donors (Lipinski definition) is 1. The predicted molar refractivity (Wildman–Crippen MR) is 109 cm³/mol. The second kappa shape index (κ2) is 7.51. The zero-order chi connectivity index (χ0) is 20.4. The Morgan fingerprint density at radius 1 is 0.966 bits per heavy atom. The van der Waals surface area contributed by atoms with Gasteiger partial charge in [0.1, 0.15) is 0 Å². The van der Waals surface area contributed by atoms with Crippen LogP contribution in [0, 0.1) is 0 Å². The zero-order valence-electron chi connectivity index (χ0n) is 15.9. The first-order valence-electron chi connectivity index (χ1n) is 8.87. The first-order chi connectivity index (χ1) is 14.0. The van der Waals surface area contributed by atoms with Crippen LogP contribution in [-0.4, -0.2) is 45.1 Å². The van der Waals surface area contributed by atoms with Gasteiger partial charge in [0, 0.05) is 30.8 Å². The topological polar surface area (TPSA) is 111 Å². The second-order valence-corrected chi connectivity index (χ2v) is 6.51. The molecule has 4 rings (SSSR count). The minimum absolute atomic E-state index is 0.134. The molecule has 0 saturated heterocycles. The highest BCUT2D eigenvalue weighted by molar-refractivity contribution is 6.00. The first kappa shape index (κ1) is 18.3. The van der Waals surface area contributed by atoms with E-state index < -0.39 is 0 Å². The predicted octanol–water partition coefficient (Wildman–Crippen LogP) is 3.14. The molecule has 0 unspecified atom stereocenters. The number of amides is 1. The molecule has 2 N–H and O–H groups in total. The Balaban J connectivity index is 1.78. The van der Waals surface area contributed by atoms with E-state index in [0.29, 0.717) is 22.7 Å². The maximum absolute atomic E-state index is 12.5. The van der Waals surface area contributed by atoms with E-state index in [2.05, 4.69) is 20.2 Å². The van der Waals surface area contributed by atoms with E-state index in [1.807, 2.05) is 42.5 Å². The van der Waals surface area contributed by atoms with Crippen LogP contribution in [0.5, 0.6) is 0 Å². The number of benzene rings is 2. The second-order valence-electron chi connectivity index (χ2n) is 6.51. The Morgan fingerprint density at radius 3 is 2.41 bits per heavy atom. The number of aromatic nitrogens is 4. The van der Waals surface area contributed by atoms with Gasteiger partial charge in [0.2, 0.25) is 5.89 Å². The summed E-state index contributed by atoms with van der Waals surface area (Å²) in [4.78, 5) is 22.8. The monoisotopic (exact) mass is 386 g/mol. The van der Waals surface area contributed by atoms with E-state index >= 15 is 0 Å². The van der Waals surface area contributed by atoms with Crippen molar-refractivity contribution >= 4 is 11.7 Å². The van der Waals surface area contributed by atoms with Crippen molar-refractivity contribution in [3.05, 3.63) is 66.4 Å². The molecule has 2 aromatic heterocycles. The molecule has 2 heterocycles. The molecule has 8 nitrogen and oxygen atoms in total. The summed E-state index contributed by atoms with van der Waals surface area (Å²) in [5.74, 6) is 0.542. The van der Waals surface area contributed by atoms with E-state index in [9.17, 15) is 4.79 Å². The van der Waals surface area contributed by atoms with E-state index in [1.54, 1.807) is 26.2 Å². The van der Waals surface area contributed by atoms with Gasteiger partial charge in [0.25, 0.3) is 11.8 Å². The highest BCUT2D eigenvalue weighted by Crippen LogP contribution is 2.29. The maximum atomic E-state index is 12.5. The fourth-order valence-electron chi connectivity index (χ4n) is 2.84. The number of rotatable bonds is 4. The summed E-state index contributed by atoms with van der Waals surface area (Å²) in [7, 11) is 3.39. The van der Waals surface area contributed by atoms with Crippen molar-refractivity contribution in [2.45, 2.75) is 0 Å². The third-order valence-corrected chi connectivity index (χ3v) is 4.29. The lowest BCUT2D eigenvalue weighted by atomic mass is 10.0. The lowest BCUT2D eigenvalue weighted by Gasteiger charge is -2.14. The summed E-state index contributed by atoms with van der Waals surface area (Å²) in [5, 5.41) is 8.14. The fourth-order valence-corrected chi connectivity index (χ4v) is 2.84. The van der Waals surface area contributed by atoms with Gasteiger partial charge < -0.3 is 15.1 Å². The summed E-state index contributed by atoms with van der Waals surface area (Å²) in [6, 6.07) is 16.6. The fraction of sp³-hybridized carbons (Fsp3) is 0.0952. The van der Waals surface area contributed by atoms with Crippen LogP contribution in [0.4, 0.5) is 5.82 Å². The van der Waals surface area contributed by atoms with Crippen molar-refractivity contribution in [1.29, 1.82) is 0 Å². The Bertz CT molecular complexity index is 1170. The number of hydrogen-bond acceptors (Lipinski definition) is 7. The van der Waals surface area contributed by atoms with Crippen molar-refractivity contribution in [3.63, 3.8) is 0 Å². The van der Waals surface area contributed by atoms with Crippen molar-refractivity contribution < 1.29 is 9.21 Å². The number of nitrogens with two attached hydrogens (primary N) is 1. The summed E-state index contributed by atoms with van der Waals surface area (Å²) >= 11 is 0. The van der Waals surface area contributed by atoms with Gasteiger partial charge in [0.15, 0.2) is 11.5 Å². The van der Waals surface area contributed by atoms with Gasteiger partial charge in [-0.1, -0.05) is 36.4 Å². The van der Waals surface area contributed by atoms with Gasteiger partial charge in [-0.3, -0.25) is 4.79 Å². The zero-order valence-corrected chi connectivity index (χ0v) is 15.9. The van der Waals surface area contributed by atoms with Crippen LogP contribution in [0.3, 0.4) is 0 Å². The highest BCUT2D eigenvalue weighted by atomic mass is 16.4. The molecule has 29 heavy (non-hydrogen) atoms. The Hall–Kier alpha value is -4.07. The molecule has 0 bridgehead atoms. The van der Waals surface area contributed by atoms with Crippen LogP contribution in [0.1, 0.15) is 10.4 Å². The molecule has 8 heteroatoms. The number of nitrogen functional groups attached to an aromatic ring is 1. The number of carbonyl (C=O) groups is 1. The summed E-state index contributed by atoms with van der Waals surface area (Å²) in [6.45, 7) is 0. The van der Waals surface area contributed by atoms with Crippen LogP contribution in [-0.2, 0) is 0 Å². The summed E-state index contributed by atoms with van der Waals surface area (Å²) in [5.41, 5.74) is 8.71. The largest absolute Gasteiger partial charge is 0.414 e. The Labute approximate surface area is 167 Å². The minimum atomic E-state index is -0.134. The lowest BCUT2D eigenvalue weighted by molar-refractivity contribution is 0.0828. The van der Waals surface area contributed by atoms with Crippen LogP contribution < -0.4 is 5.73 Å². The van der Waals surface area contributed by atoms with Gasteiger partial charge in [0.05, 0.1) is 11.9 Å². The van der Waals surface area contributed by atoms with E-state index in [0.717, 1.165) is 5.56 Å². The SMILES string of the molecule is CN(C)C(=O)c1ccccc1-c1cnc(N)c(-c2nnc(-c3ccccc3)o2)n1. The molecule has 0 aliphatic rings. The first-order valence-corrected chi connectivity index (χ1v) is 8.87. The van der Waals surface area contributed by atoms with Gasteiger partial charge in [-0.2, -0.15) is 0 Å². The third kappa shape index (κ3) is 3.55. The Morgan fingerprint density at radius 2 is 1.66 bits per heavy atom. The molecule has 0 aliphatic heterocycles. The highest BCUT2D eigenvalue weighted by Gasteiger charge is 2.19. The molecule has 0 spiro atoms. The normalized spacial score (nSPS) is 10.7. The van der Waals surface area contributed by atoms with Crippen molar-refractivity contribution in [3.8, 4) is 34.3 Å². The maximum Gasteiger partial charge on any atom is 0.270 e. The van der Waals surface area contributed by atoms with Crippen LogP contribution in [0.25, 0.3) is 34.3 Å². The Kier molecular flexibility index (Phi) is 4.74. The lowest BCUT2D eigenvalue weighted by Crippen LogP contribution is -2.22. The quantitative estimate of drug-likeness (QED) is 0.573. The van der Waals surface area contributed by atoms with Gasteiger partial charge in [-0.15, -0.1) is 10.2 Å². The van der Waals surface area contributed by atoms with Crippen LogP contribution >= 0.6 is 0 Å². The molecule has 0 radical (unpaired) electrons. The molecular weight excluding hydrogens is 368 g/mol.